The molecule has 4 nitrogen and oxygen atoms in total. The van der Waals surface area contributed by atoms with E-state index in [2.05, 4.69) is 19.2 Å². The molecule has 2 rings (SSSR count). The standard InChI is InChI=1S/C17H32N2O2/c1-14(2)11-16(5-3-4-6-16)13-19-15(20)17(12-18)7-9-21-10-8-17/h14H,3-13,18H2,1-2H3,(H,19,20). The van der Waals surface area contributed by atoms with Crippen molar-refractivity contribution < 1.29 is 9.53 Å². The van der Waals surface area contributed by atoms with Crippen LogP contribution in [0.4, 0.5) is 0 Å². The van der Waals surface area contributed by atoms with Crippen LogP contribution in [-0.2, 0) is 9.53 Å². The number of nitrogens with two attached hydrogens (primary N) is 1. The normalized spacial score (nSPS) is 24.2. The topological polar surface area (TPSA) is 64.4 Å². The van der Waals surface area contributed by atoms with Gasteiger partial charge in [0.1, 0.15) is 0 Å². The van der Waals surface area contributed by atoms with E-state index in [1.807, 2.05) is 0 Å². The second kappa shape index (κ2) is 7.10. The third-order valence-corrected chi connectivity index (χ3v) is 5.45. The summed E-state index contributed by atoms with van der Waals surface area (Å²) in [5.74, 6) is 0.842. The number of rotatable bonds is 6. The smallest absolute Gasteiger partial charge is 0.227 e. The van der Waals surface area contributed by atoms with Crippen LogP contribution < -0.4 is 11.1 Å². The minimum Gasteiger partial charge on any atom is -0.381 e. The van der Waals surface area contributed by atoms with Crippen molar-refractivity contribution in [2.24, 2.45) is 22.5 Å². The molecule has 0 aromatic rings. The van der Waals surface area contributed by atoms with Crippen molar-refractivity contribution in [3.8, 4) is 0 Å². The highest BCUT2D eigenvalue weighted by Gasteiger charge is 2.41. The van der Waals surface area contributed by atoms with Crippen LogP contribution in [0.3, 0.4) is 0 Å². The zero-order valence-electron chi connectivity index (χ0n) is 13.7. The number of amides is 1. The molecule has 1 saturated heterocycles. The van der Waals surface area contributed by atoms with E-state index < -0.39 is 5.41 Å². The summed E-state index contributed by atoms with van der Waals surface area (Å²) < 4.78 is 5.39. The molecule has 0 atom stereocenters. The molecule has 0 bridgehead atoms. The van der Waals surface area contributed by atoms with Crippen LogP contribution in [0.5, 0.6) is 0 Å². The van der Waals surface area contributed by atoms with Gasteiger partial charge in [-0.3, -0.25) is 4.79 Å². The van der Waals surface area contributed by atoms with E-state index in [9.17, 15) is 4.79 Å². The molecule has 1 aliphatic heterocycles. The summed E-state index contributed by atoms with van der Waals surface area (Å²) in [5, 5.41) is 3.26. The van der Waals surface area contributed by atoms with Crippen molar-refractivity contribution in [1.29, 1.82) is 0 Å². The Bertz CT molecular complexity index is 343. The number of carbonyl (C=O) groups is 1. The molecule has 0 aromatic heterocycles. The van der Waals surface area contributed by atoms with Gasteiger partial charge in [-0.25, -0.2) is 0 Å². The first-order valence-electron chi connectivity index (χ1n) is 8.58. The Kier molecular flexibility index (Phi) is 5.67. The SMILES string of the molecule is CC(C)CC1(CNC(=O)C2(CN)CCOCC2)CCCC1. The second-order valence-electron chi connectivity index (χ2n) is 7.58. The molecule has 0 spiro atoms. The van der Waals surface area contributed by atoms with Crippen LogP contribution >= 0.6 is 0 Å². The number of ether oxygens (including phenoxy) is 1. The van der Waals surface area contributed by atoms with Gasteiger partial charge in [-0.05, 0) is 43.4 Å². The van der Waals surface area contributed by atoms with Gasteiger partial charge in [-0.2, -0.15) is 0 Å². The molecule has 0 radical (unpaired) electrons. The van der Waals surface area contributed by atoms with Crippen molar-refractivity contribution in [3.05, 3.63) is 0 Å². The minimum absolute atomic E-state index is 0.156. The summed E-state index contributed by atoms with van der Waals surface area (Å²) in [6.45, 7) is 7.12. The number of hydrogen-bond donors (Lipinski definition) is 2. The summed E-state index contributed by atoms with van der Waals surface area (Å²) in [6.07, 6.45) is 7.84. The van der Waals surface area contributed by atoms with Crippen molar-refractivity contribution >= 4 is 5.91 Å². The van der Waals surface area contributed by atoms with Gasteiger partial charge in [0.05, 0.1) is 5.41 Å². The highest BCUT2D eigenvalue weighted by Crippen LogP contribution is 2.43. The maximum atomic E-state index is 12.7. The van der Waals surface area contributed by atoms with Gasteiger partial charge in [0.15, 0.2) is 0 Å². The Hall–Kier alpha value is -0.610. The van der Waals surface area contributed by atoms with Crippen LogP contribution in [0, 0.1) is 16.7 Å². The molecule has 4 heteroatoms. The fourth-order valence-corrected chi connectivity index (χ4v) is 4.19. The average Bonchev–Trinajstić information content (AvgIpc) is 2.93. The molecule has 1 heterocycles. The van der Waals surface area contributed by atoms with Gasteiger partial charge < -0.3 is 15.8 Å². The fourth-order valence-electron chi connectivity index (χ4n) is 4.19. The van der Waals surface area contributed by atoms with Gasteiger partial charge in [0.25, 0.3) is 0 Å². The molecule has 1 amide bonds. The van der Waals surface area contributed by atoms with Gasteiger partial charge in [0.2, 0.25) is 5.91 Å². The van der Waals surface area contributed by atoms with E-state index in [0.717, 1.165) is 19.4 Å². The van der Waals surface area contributed by atoms with Gasteiger partial charge in [-0.1, -0.05) is 26.7 Å². The first-order chi connectivity index (χ1) is 10.0. The lowest BCUT2D eigenvalue weighted by molar-refractivity contribution is -0.136. The van der Waals surface area contributed by atoms with E-state index >= 15 is 0 Å². The lowest BCUT2D eigenvalue weighted by atomic mass is 9.76. The molecular formula is C17H32N2O2. The molecule has 1 aliphatic carbocycles. The molecule has 0 aromatic carbocycles. The van der Waals surface area contributed by atoms with Gasteiger partial charge >= 0.3 is 0 Å². The van der Waals surface area contributed by atoms with Crippen LogP contribution in [-0.4, -0.2) is 32.2 Å². The van der Waals surface area contributed by atoms with Crippen LogP contribution in [0.1, 0.15) is 58.8 Å². The Labute approximate surface area is 129 Å². The van der Waals surface area contributed by atoms with E-state index in [4.69, 9.17) is 10.5 Å². The molecule has 3 N–H and O–H groups in total. The van der Waals surface area contributed by atoms with E-state index in [1.165, 1.54) is 32.1 Å². The van der Waals surface area contributed by atoms with Gasteiger partial charge in [0, 0.05) is 26.3 Å². The number of nitrogens with one attached hydrogen (secondary N) is 1. The Morgan fingerprint density at radius 1 is 1.19 bits per heavy atom. The third kappa shape index (κ3) is 3.98. The molecule has 1 saturated carbocycles. The summed E-state index contributed by atoms with van der Waals surface area (Å²) in [5.41, 5.74) is 5.85. The van der Waals surface area contributed by atoms with Gasteiger partial charge in [-0.15, -0.1) is 0 Å². The maximum absolute atomic E-state index is 12.7. The van der Waals surface area contributed by atoms with Crippen molar-refractivity contribution in [1.82, 2.24) is 5.32 Å². The Balaban J connectivity index is 1.94. The first-order valence-corrected chi connectivity index (χ1v) is 8.58. The predicted octanol–water partition coefficient (Wildman–Crippen LogP) is 2.46. The molecule has 0 unspecified atom stereocenters. The number of carbonyl (C=O) groups excluding carboxylic acids is 1. The van der Waals surface area contributed by atoms with E-state index in [0.29, 0.717) is 31.1 Å². The lowest BCUT2D eigenvalue weighted by Gasteiger charge is -2.37. The van der Waals surface area contributed by atoms with E-state index in [-0.39, 0.29) is 5.91 Å². The predicted molar refractivity (Wildman–Crippen MR) is 84.9 cm³/mol. The summed E-state index contributed by atoms with van der Waals surface area (Å²) >= 11 is 0. The first kappa shape index (κ1) is 16.8. The quantitative estimate of drug-likeness (QED) is 0.791. The minimum atomic E-state index is -0.393. The van der Waals surface area contributed by atoms with Crippen molar-refractivity contribution in [2.45, 2.75) is 58.8 Å². The Morgan fingerprint density at radius 3 is 2.33 bits per heavy atom. The summed E-state index contributed by atoms with van der Waals surface area (Å²) in [7, 11) is 0. The highest BCUT2D eigenvalue weighted by atomic mass is 16.5. The Morgan fingerprint density at radius 2 is 1.81 bits per heavy atom. The zero-order chi connectivity index (χ0) is 15.3. The third-order valence-electron chi connectivity index (χ3n) is 5.45. The lowest BCUT2D eigenvalue weighted by Crippen LogP contribution is -2.51. The van der Waals surface area contributed by atoms with E-state index in [1.54, 1.807) is 0 Å². The molecule has 21 heavy (non-hydrogen) atoms. The molecule has 122 valence electrons. The van der Waals surface area contributed by atoms with Crippen molar-refractivity contribution in [3.63, 3.8) is 0 Å². The average molecular weight is 296 g/mol. The monoisotopic (exact) mass is 296 g/mol. The van der Waals surface area contributed by atoms with Crippen molar-refractivity contribution in [2.75, 3.05) is 26.3 Å². The fraction of sp³-hybridized carbons (Fsp3) is 0.941. The zero-order valence-corrected chi connectivity index (χ0v) is 13.7. The maximum Gasteiger partial charge on any atom is 0.227 e. The highest BCUT2D eigenvalue weighted by molar-refractivity contribution is 5.83. The molecular weight excluding hydrogens is 264 g/mol. The second-order valence-corrected chi connectivity index (χ2v) is 7.58. The largest absolute Gasteiger partial charge is 0.381 e. The summed E-state index contributed by atoms with van der Waals surface area (Å²) in [6, 6.07) is 0. The van der Waals surface area contributed by atoms with Crippen LogP contribution in [0.25, 0.3) is 0 Å². The molecule has 2 aliphatic rings. The van der Waals surface area contributed by atoms with Crippen LogP contribution in [0.2, 0.25) is 0 Å². The number of hydrogen-bond acceptors (Lipinski definition) is 3. The molecule has 2 fully saturated rings. The summed E-state index contributed by atoms with van der Waals surface area (Å²) in [4.78, 5) is 12.7. The van der Waals surface area contributed by atoms with Crippen LogP contribution in [0.15, 0.2) is 0 Å².